The molecule has 0 unspecified atom stereocenters. The zero-order chi connectivity index (χ0) is 17.4. The monoisotopic (exact) mass is 336 g/mol. The van der Waals surface area contributed by atoms with Gasteiger partial charge in [-0.1, -0.05) is 32.0 Å². The number of hydrogen-bond donors (Lipinski definition) is 2. The van der Waals surface area contributed by atoms with Crippen LogP contribution in [0, 0.1) is 0 Å². The predicted octanol–water partition coefficient (Wildman–Crippen LogP) is 4.75. The largest absolute Gasteiger partial charge is 0.496 e. The van der Waals surface area contributed by atoms with Gasteiger partial charge in [-0.2, -0.15) is 0 Å². The summed E-state index contributed by atoms with van der Waals surface area (Å²) < 4.78 is 5.72. The highest BCUT2D eigenvalue weighted by atomic mass is 16.5. The molecule has 0 bridgehead atoms. The molecule has 0 spiro atoms. The first kappa shape index (κ1) is 16.5. The lowest BCUT2D eigenvalue weighted by atomic mass is 9.85. The van der Waals surface area contributed by atoms with Crippen LogP contribution in [0.3, 0.4) is 0 Å². The van der Waals surface area contributed by atoms with Gasteiger partial charge in [0.25, 0.3) is 0 Å². The van der Waals surface area contributed by atoms with Gasteiger partial charge in [0.1, 0.15) is 5.75 Å². The molecule has 2 aromatic rings. The minimum absolute atomic E-state index is 0.509. The van der Waals surface area contributed by atoms with Crippen LogP contribution >= 0.6 is 0 Å². The van der Waals surface area contributed by atoms with Crippen LogP contribution in [0.1, 0.15) is 49.7 Å². The van der Waals surface area contributed by atoms with Crippen molar-refractivity contribution >= 4 is 5.69 Å². The van der Waals surface area contributed by atoms with Gasteiger partial charge in [0.2, 0.25) is 0 Å². The third-order valence-corrected chi connectivity index (χ3v) is 5.75. The van der Waals surface area contributed by atoms with E-state index in [9.17, 15) is 0 Å². The van der Waals surface area contributed by atoms with Crippen molar-refractivity contribution in [1.29, 1.82) is 0 Å². The van der Waals surface area contributed by atoms with E-state index in [0.717, 1.165) is 18.8 Å². The molecule has 2 N–H and O–H groups in total. The minimum Gasteiger partial charge on any atom is -0.496 e. The maximum absolute atomic E-state index is 5.72. The van der Waals surface area contributed by atoms with E-state index in [1.807, 2.05) is 0 Å². The van der Waals surface area contributed by atoms with Gasteiger partial charge in [0.15, 0.2) is 0 Å². The Hall–Kier alpha value is -2.00. The van der Waals surface area contributed by atoms with E-state index in [4.69, 9.17) is 4.74 Å². The second kappa shape index (κ2) is 6.72. The topological polar surface area (TPSA) is 33.3 Å². The summed E-state index contributed by atoms with van der Waals surface area (Å²) >= 11 is 0. The summed E-state index contributed by atoms with van der Waals surface area (Å²) in [6, 6.07) is 13.9. The quantitative estimate of drug-likeness (QED) is 0.849. The molecule has 25 heavy (non-hydrogen) atoms. The zero-order valence-electron chi connectivity index (χ0n) is 15.4. The van der Waals surface area contributed by atoms with Crippen LogP contribution < -0.4 is 15.4 Å². The van der Waals surface area contributed by atoms with E-state index in [0.29, 0.717) is 17.9 Å². The molecule has 2 atom stereocenters. The first-order valence-electron chi connectivity index (χ1n) is 9.47. The Kier molecular flexibility index (Phi) is 4.43. The van der Waals surface area contributed by atoms with Gasteiger partial charge in [-0.15, -0.1) is 0 Å². The van der Waals surface area contributed by atoms with Gasteiger partial charge < -0.3 is 15.4 Å². The van der Waals surface area contributed by atoms with Crippen LogP contribution in [-0.2, 0) is 0 Å². The van der Waals surface area contributed by atoms with Gasteiger partial charge >= 0.3 is 0 Å². The van der Waals surface area contributed by atoms with Crippen LogP contribution in [0.25, 0.3) is 11.1 Å². The molecule has 3 heteroatoms. The molecule has 2 aliphatic heterocycles. The summed E-state index contributed by atoms with van der Waals surface area (Å²) in [5.74, 6) is 2.05. The fourth-order valence-electron chi connectivity index (χ4n) is 4.38. The molecule has 3 nitrogen and oxygen atoms in total. The molecule has 0 saturated carbocycles. The number of benzene rings is 2. The molecule has 4 rings (SSSR count). The molecule has 2 heterocycles. The SMILES string of the molecule is COc1ccc(C(C)C)cc1-c1cccc2c1[C@H]1CCNCC[C@@H]1N2. The Labute approximate surface area is 150 Å². The summed E-state index contributed by atoms with van der Waals surface area (Å²) in [4.78, 5) is 0. The molecule has 0 amide bonds. The Bertz CT molecular complexity index is 769. The molecule has 0 aromatic heterocycles. The molecule has 1 fully saturated rings. The lowest BCUT2D eigenvalue weighted by Crippen LogP contribution is -2.21. The van der Waals surface area contributed by atoms with Crippen LogP contribution in [0.5, 0.6) is 5.75 Å². The number of hydrogen-bond acceptors (Lipinski definition) is 3. The van der Waals surface area contributed by atoms with Gasteiger partial charge in [-0.25, -0.2) is 0 Å². The van der Waals surface area contributed by atoms with Crippen molar-refractivity contribution in [1.82, 2.24) is 5.32 Å². The third kappa shape index (κ3) is 2.91. The standard InChI is InChI=1S/C22H28N2O/c1-14(2)15-7-8-21(25-3)18(13-15)16-5-4-6-20-22(16)17-9-11-23-12-10-19(17)24-20/h4-8,13-14,17,19,23-24H,9-12H2,1-3H3/t17-,19-/m0/s1. The first-order chi connectivity index (χ1) is 12.2. The van der Waals surface area contributed by atoms with Crippen molar-refractivity contribution < 1.29 is 4.74 Å². The number of anilines is 1. The highest BCUT2D eigenvalue weighted by Gasteiger charge is 2.35. The van der Waals surface area contributed by atoms with Gasteiger partial charge in [-0.05, 0) is 66.7 Å². The third-order valence-electron chi connectivity index (χ3n) is 5.75. The molecule has 1 saturated heterocycles. The number of ether oxygens (including phenoxy) is 1. The molecular formula is C22H28N2O. The van der Waals surface area contributed by atoms with Crippen LogP contribution in [-0.4, -0.2) is 26.2 Å². The minimum atomic E-state index is 0.509. The van der Waals surface area contributed by atoms with Crippen molar-refractivity contribution in [2.75, 3.05) is 25.5 Å². The molecule has 2 aromatic carbocycles. The Morgan fingerprint density at radius 2 is 1.88 bits per heavy atom. The average molecular weight is 336 g/mol. The van der Waals surface area contributed by atoms with E-state index in [1.165, 1.54) is 40.8 Å². The molecule has 0 aliphatic carbocycles. The van der Waals surface area contributed by atoms with E-state index in [1.54, 1.807) is 7.11 Å². The summed E-state index contributed by atoms with van der Waals surface area (Å²) in [5.41, 5.74) is 6.71. The predicted molar refractivity (Wildman–Crippen MR) is 105 cm³/mol. The Morgan fingerprint density at radius 1 is 1.04 bits per heavy atom. The fourth-order valence-corrected chi connectivity index (χ4v) is 4.38. The molecule has 132 valence electrons. The van der Waals surface area contributed by atoms with Crippen LogP contribution in [0.4, 0.5) is 5.69 Å². The van der Waals surface area contributed by atoms with E-state index < -0.39 is 0 Å². The zero-order valence-corrected chi connectivity index (χ0v) is 15.4. The van der Waals surface area contributed by atoms with E-state index in [-0.39, 0.29) is 0 Å². The van der Waals surface area contributed by atoms with Gasteiger partial charge in [0.05, 0.1) is 7.11 Å². The van der Waals surface area contributed by atoms with Crippen LogP contribution in [0.15, 0.2) is 36.4 Å². The highest BCUT2D eigenvalue weighted by molar-refractivity contribution is 5.81. The maximum atomic E-state index is 5.72. The summed E-state index contributed by atoms with van der Waals surface area (Å²) in [5, 5.41) is 7.33. The molecule has 2 aliphatic rings. The van der Waals surface area contributed by atoms with Crippen molar-refractivity contribution in [2.45, 2.75) is 44.6 Å². The smallest absolute Gasteiger partial charge is 0.126 e. The first-order valence-corrected chi connectivity index (χ1v) is 9.47. The Balaban J connectivity index is 1.86. The summed E-state index contributed by atoms with van der Waals surface area (Å²) in [6.07, 6.45) is 2.37. The summed E-state index contributed by atoms with van der Waals surface area (Å²) in [6.45, 7) is 6.69. The Morgan fingerprint density at radius 3 is 2.68 bits per heavy atom. The van der Waals surface area contributed by atoms with Gasteiger partial charge in [0, 0.05) is 23.2 Å². The normalized spacial score (nSPS) is 22.1. The second-order valence-corrected chi connectivity index (χ2v) is 7.57. The van der Waals surface area contributed by atoms with Crippen molar-refractivity contribution in [2.24, 2.45) is 0 Å². The van der Waals surface area contributed by atoms with E-state index >= 15 is 0 Å². The van der Waals surface area contributed by atoms with E-state index in [2.05, 4.69) is 60.9 Å². The molecular weight excluding hydrogens is 308 g/mol. The van der Waals surface area contributed by atoms with Crippen molar-refractivity contribution in [3.8, 4) is 16.9 Å². The van der Waals surface area contributed by atoms with Gasteiger partial charge in [-0.3, -0.25) is 0 Å². The second-order valence-electron chi connectivity index (χ2n) is 7.57. The highest BCUT2D eigenvalue weighted by Crippen LogP contribution is 2.47. The number of methoxy groups -OCH3 is 1. The van der Waals surface area contributed by atoms with Crippen LogP contribution in [0.2, 0.25) is 0 Å². The average Bonchev–Trinajstić information content (AvgIpc) is 2.82. The fraction of sp³-hybridized carbons (Fsp3) is 0.455. The van der Waals surface area contributed by atoms with Crippen molar-refractivity contribution in [3.63, 3.8) is 0 Å². The lowest BCUT2D eigenvalue weighted by Gasteiger charge is -2.20. The summed E-state index contributed by atoms with van der Waals surface area (Å²) in [7, 11) is 1.77. The number of fused-ring (bicyclic) bond motifs is 3. The number of nitrogens with one attached hydrogen (secondary N) is 2. The van der Waals surface area contributed by atoms with Crippen molar-refractivity contribution in [3.05, 3.63) is 47.5 Å². The number of rotatable bonds is 3. The molecule has 0 radical (unpaired) electrons. The lowest BCUT2D eigenvalue weighted by molar-refractivity contribution is 0.416. The maximum Gasteiger partial charge on any atom is 0.126 e.